The number of hydrogen-bond acceptors (Lipinski definition) is 5. The molecule has 3 aromatic rings. The van der Waals surface area contributed by atoms with Crippen molar-refractivity contribution < 1.29 is 13.2 Å². The molecule has 0 unspecified atom stereocenters. The van der Waals surface area contributed by atoms with Crippen molar-refractivity contribution in [2.45, 2.75) is 37.6 Å². The number of benzene rings is 2. The molecule has 1 saturated heterocycles. The molecule has 6 nitrogen and oxygen atoms in total. The van der Waals surface area contributed by atoms with Gasteiger partial charge >= 0.3 is 0 Å². The lowest BCUT2D eigenvalue weighted by molar-refractivity contribution is 0.285. The Morgan fingerprint density at radius 1 is 1.06 bits per heavy atom. The van der Waals surface area contributed by atoms with Crippen LogP contribution in [0.5, 0.6) is 5.75 Å². The van der Waals surface area contributed by atoms with Crippen molar-refractivity contribution in [3.05, 3.63) is 59.8 Å². The van der Waals surface area contributed by atoms with E-state index in [1.165, 1.54) is 3.97 Å². The second-order valence-electron chi connectivity index (χ2n) is 8.44. The van der Waals surface area contributed by atoms with E-state index in [1.807, 2.05) is 30.3 Å². The molecule has 7 heteroatoms. The first kappa shape index (κ1) is 21.9. The van der Waals surface area contributed by atoms with Gasteiger partial charge in [-0.1, -0.05) is 26.0 Å². The van der Waals surface area contributed by atoms with Crippen molar-refractivity contribution >= 4 is 20.9 Å². The van der Waals surface area contributed by atoms with Crippen LogP contribution in [0.15, 0.2) is 53.6 Å². The summed E-state index contributed by atoms with van der Waals surface area (Å²) in [5, 5.41) is 4.33. The molecule has 1 N–H and O–H groups in total. The molecular weight excluding hydrogens is 410 g/mol. The molecule has 1 aliphatic heterocycles. The summed E-state index contributed by atoms with van der Waals surface area (Å²) in [6.07, 6.45) is 2.87. The van der Waals surface area contributed by atoms with Gasteiger partial charge in [0, 0.05) is 31.2 Å². The van der Waals surface area contributed by atoms with Gasteiger partial charge in [0.15, 0.2) is 0 Å². The Morgan fingerprint density at radius 2 is 1.84 bits per heavy atom. The van der Waals surface area contributed by atoms with Crippen LogP contribution in [0.2, 0.25) is 0 Å². The summed E-state index contributed by atoms with van der Waals surface area (Å²) in [7, 11) is -2.08. The molecule has 4 rings (SSSR count). The van der Waals surface area contributed by atoms with Crippen LogP contribution < -0.4 is 10.1 Å². The van der Waals surface area contributed by atoms with Crippen molar-refractivity contribution in [1.29, 1.82) is 0 Å². The van der Waals surface area contributed by atoms with Crippen molar-refractivity contribution in [2.24, 2.45) is 0 Å². The van der Waals surface area contributed by atoms with Gasteiger partial charge in [-0.3, -0.25) is 4.90 Å². The van der Waals surface area contributed by atoms with Crippen molar-refractivity contribution in [3.63, 3.8) is 0 Å². The lowest BCUT2D eigenvalue weighted by Crippen LogP contribution is -2.27. The van der Waals surface area contributed by atoms with Crippen molar-refractivity contribution in [2.75, 3.05) is 33.3 Å². The van der Waals surface area contributed by atoms with Gasteiger partial charge in [0.25, 0.3) is 10.0 Å². The second kappa shape index (κ2) is 9.02. The lowest BCUT2D eigenvalue weighted by atomic mass is 10.0. The summed E-state index contributed by atoms with van der Waals surface area (Å²) in [6.45, 7) is 8.81. The third kappa shape index (κ3) is 4.49. The van der Waals surface area contributed by atoms with Gasteiger partial charge in [0.05, 0.1) is 17.5 Å². The van der Waals surface area contributed by atoms with Crippen molar-refractivity contribution in [1.82, 2.24) is 14.2 Å². The van der Waals surface area contributed by atoms with E-state index in [-0.39, 0.29) is 0 Å². The van der Waals surface area contributed by atoms with Crippen LogP contribution in [0, 0.1) is 0 Å². The van der Waals surface area contributed by atoms with Gasteiger partial charge in [0.1, 0.15) is 5.75 Å². The zero-order valence-electron chi connectivity index (χ0n) is 18.5. The molecule has 0 aliphatic carbocycles. The lowest BCUT2D eigenvalue weighted by Gasteiger charge is -2.18. The molecule has 0 saturated carbocycles. The molecule has 0 amide bonds. The molecule has 0 radical (unpaired) electrons. The molecule has 2 heterocycles. The van der Waals surface area contributed by atoms with E-state index >= 15 is 0 Å². The minimum Gasteiger partial charge on any atom is -0.497 e. The maximum atomic E-state index is 13.6. The number of nitrogens with one attached hydrogen (secondary N) is 1. The number of hydrogen-bond donors (Lipinski definition) is 1. The average Bonchev–Trinajstić information content (AvgIpc) is 2.94. The van der Waals surface area contributed by atoms with Crippen molar-refractivity contribution in [3.8, 4) is 5.75 Å². The van der Waals surface area contributed by atoms with E-state index < -0.39 is 10.0 Å². The van der Waals surface area contributed by atoms with Crippen LogP contribution >= 0.6 is 0 Å². The Bertz CT molecular complexity index is 1140. The smallest absolute Gasteiger partial charge is 0.268 e. The van der Waals surface area contributed by atoms with Gasteiger partial charge in [-0.2, -0.15) is 0 Å². The Hall–Kier alpha value is -2.35. The second-order valence-corrected chi connectivity index (χ2v) is 10.3. The van der Waals surface area contributed by atoms with Crippen LogP contribution in [-0.4, -0.2) is 50.6 Å². The number of fused-ring (bicyclic) bond motifs is 1. The SMILES string of the molecule is COc1ccc2c(c1)c(CN1CCCNCC1)cn2S(=O)(=O)c1ccc(C(C)C)cc1. The van der Waals surface area contributed by atoms with E-state index in [1.54, 1.807) is 25.4 Å². The Labute approximate surface area is 184 Å². The number of methoxy groups -OCH3 is 1. The molecule has 166 valence electrons. The number of ether oxygens (including phenoxy) is 1. The first-order valence-corrected chi connectivity index (χ1v) is 12.3. The highest BCUT2D eigenvalue weighted by Crippen LogP contribution is 2.30. The van der Waals surface area contributed by atoms with Crippen LogP contribution in [-0.2, 0) is 16.6 Å². The van der Waals surface area contributed by atoms with Gasteiger partial charge in [-0.05, 0) is 66.9 Å². The Morgan fingerprint density at radius 3 is 2.55 bits per heavy atom. The highest BCUT2D eigenvalue weighted by atomic mass is 32.2. The highest BCUT2D eigenvalue weighted by molar-refractivity contribution is 7.90. The molecule has 1 fully saturated rings. The molecule has 2 aromatic carbocycles. The number of aromatic nitrogens is 1. The van der Waals surface area contributed by atoms with Gasteiger partial charge < -0.3 is 10.1 Å². The van der Waals surface area contributed by atoms with Gasteiger partial charge in [-0.25, -0.2) is 12.4 Å². The number of rotatable bonds is 6. The largest absolute Gasteiger partial charge is 0.497 e. The molecule has 1 aliphatic rings. The third-order valence-electron chi connectivity index (χ3n) is 5.99. The maximum absolute atomic E-state index is 13.6. The highest BCUT2D eigenvalue weighted by Gasteiger charge is 2.23. The predicted molar refractivity (Wildman–Crippen MR) is 124 cm³/mol. The summed E-state index contributed by atoms with van der Waals surface area (Å²) < 4.78 is 34.0. The first-order valence-electron chi connectivity index (χ1n) is 10.9. The zero-order chi connectivity index (χ0) is 22.0. The molecule has 0 bridgehead atoms. The van der Waals surface area contributed by atoms with Gasteiger partial charge in [-0.15, -0.1) is 0 Å². The minimum absolute atomic E-state index is 0.301. The summed E-state index contributed by atoms with van der Waals surface area (Å²) in [5.74, 6) is 1.08. The monoisotopic (exact) mass is 441 g/mol. The fourth-order valence-electron chi connectivity index (χ4n) is 4.14. The topological polar surface area (TPSA) is 63.6 Å². The minimum atomic E-state index is -3.71. The van der Waals surface area contributed by atoms with Gasteiger partial charge in [0.2, 0.25) is 0 Å². The summed E-state index contributed by atoms with van der Waals surface area (Å²) >= 11 is 0. The normalized spacial score (nSPS) is 16.0. The first-order chi connectivity index (χ1) is 14.9. The van der Waals surface area contributed by atoms with E-state index in [4.69, 9.17) is 4.74 Å². The standard InChI is InChI=1S/C24H31N3O3S/c1-18(2)19-5-8-22(9-6-19)31(28,29)27-17-20(16-26-13-4-11-25-12-14-26)23-15-21(30-3)7-10-24(23)27/h5-10,15,17-18,25H,4,11-14,16H2,1-3H3. The predicted octanol–water partition coefficient (Wildman–Crippen LogP) is 3.81. The zero-order valence-corrected chi connectivity index (χ0v) is 19.3. The third-order valence-corrected chi connectivity index (χ3v) is 7.68. The molecule has 0 atom stereocenters. The fraction of sp³-hybridized carbons (Fsp3) is 0.417. The molecule has 31 heavy (non-hydrogen) atoms. The van der Waals surface area contributed by atoms with E-state index in [0.717, 1.165) is 54.9 Å². The summed E-state index contributed by atoms with van der Waals surface area (Å²) in [6, 6.07) is 12.8. The molecule has 1 aromatic heterocycles. The van der Waals surface area contributed by atoms with E-state index in [2.05, 4.69) is 24.1 Å². The van der Waals surface area contributed by atoms with Crippen LogP contribution in [0.4, 0.5) is 0 Å². The van der Waals surface area contributed by atoms with Crippen LogP contribution in [0.3, 0.4) is 0 Å². The quantitative estimate of drug-likeness (QED) is 0.630. The Kier molecular flexibility index (Phi) is 6.36. The fourth-order valence-corrected chi connectivity index (χ4v) is 5.53. The summed E-state index contributed by atoms with van der Waals surface area (Å²) in [4.78, 5) is 2.68. The molecular formula is C24H31N3O3S. The summed E-state index contributed by atoms with van der Waals surface area (Å²) in [5.41, 5.74) is 2.80. The average molecular weight is 442 g/mol. The Balaban J connectivity index is 1.78. The van der Waals surface area contributed by atoms with Crippen LogP contribution in [0.25, 0.3) is 10.9 Å². The maximum Gasteiger partial charge on any atom is 0.268 e. The number of nitrogens with zero attached hydrogens (tertiary/aromatic N) is 2. The molecule has 0 spiro atoms. The van der Waals surface area contributed by atoms with Crippen LogP contribution in [0.1, 0.15) is 37.3 Å². The van der Waals surface area contributed by atoms with E-state index in [9.17, 15) is 8.42 Å². The van der Waals surface area contributed by atoms with E-state index in [0.29, 0.717) is 22.9 Å².